The third kappa shape index (κ3) is 4.75. The summed E-state index contributed by atoms with van der Waals surface area (Å²) in [7, 11) is 3.72. The highest BCUT2D eigenvalue weighted by Gasteiger charge is 2.32. The van der Waals surface area contributed by atoms with Gasteiger partial charge in [0.1, 0.15) is 12.3 Å². The normalized spacial score (nSPS) is 15.6. The molecule has 1 unspecified atom stereocenters. The molecule has 0 saturated heterocycles. The van der Waals surface area contributed by atoms with Gasteiger partial charge in [-0.3, -0.25) is 4.79 Å². The molecule has 0 radical (unpaired) electrons. The monoisotopic (exact) mass is 419 g/mol. The molecule has 2 aromatic carbocycles. The molecule has 1 atom stereocenters. The molecule has 6 heteroatoms. The van der Waals surface area contributed by atoms with Gasteiger partial charge in [0.05, 0.1) is 13.2 Å². The third-order valence-corrected chi connectivity index (χ3v) is 5.73. The van der Waals surface area contributed by atoms with E-state index >= 15 is 0 Å². The van der Waals surface area contributed by atoms with Crippen molar-refractivity contribution in [2.24, 2.45) is 0 Å². The zero-order valence-electron chi connectivity index (χ0n) is 18.1. The number of rotatable bonds is 8. The van der Waals surface area contributed by atoms with Crippen molar-refractivity contribution in [3.8, 4) is 11.5 Å². The summed E-state index contributed by atoms with van der Waals surface area (Å²) in [6.45, 7) is 2.07. The third-order valence-electron chi connectivity index (χ3n) is 5.73. The van der Waals surface area contributed by atoms with Gasteiger partial charge in [0.25, 0.3) is 5.91 Å². The zero-order chi connectivity index (χ0) is 21.6. The Kier molecular flexibility index (Phi) is 6.57. The second-order valence-electron chi connectivity index (χ2n) is 7.84. The van der Waals surface area contributed by atoms with Crippen LogP contribution in [0.15, 0.2) is 66.9 Å². The average Bonchev–Trinajstić information content (AvgIpc) is 3.34. The van der Waals surface area contributed by atoms with Gasteiger partial charge in [-0.1, -0.05) is 30.3 Å². The van der Waals surface area contributed by atoms with Gasteiger partial charge in [-0.25, -0.2) is 0 Å². The number of amides is 1. The molecule has 2 heterocycles. The first-order valence-electron chi connectivity index (χ1n) is 10.7. The van der Waals surface area contributed by atoms with E-state index < -0.39 is 0 Å². The fourth-order valence-corrected chi connectivity index (χ4v) is 4.15. The van der Waals surface area contributed by atoms with Gasteiger partial charge in [-0.2, -0.15) is 0 Å². The number of aryl methyl sites for hydroxylation is 1. The number of hydrogen-bond acceptors (Lipinski definition) is 4. The summed E-state index contributed by atoms with van der Waals surface area (Å²) in [6.07, 6.45) is 3.70. The number of nitrogens with one attached hydrogen (secondary N) is 1. The lowest BCUT2D eigenvalue weighted by atomic mass is 9.95. The molecule has 6 nitrogen and oxygen atoms in total. The van der Waals surface area contributed by atoms with Crippen LogP contribution in [0.25, 0.3) is 0 Å². The Morgan fingerprint density at radius 1 is 1.10 bits per heavy atom. The molecule has 1 amide bonds. The van der Waals surface area contributed by atoms with E-state index in [-0.39, 0.29) is 11.9 Å². The summed E-state index contributed by atoms with van der Waals surface area (Å²) in [4.78, 5) is 20.6. The van der Waals surface area contributed by atoms with Gasteiger partial charge in [0.2, 0.25) is 0 Å². The fourth-order valence-electron chi connectivity index (χ4n) is 4.15. The summed E-state index contributed by atoms with van der Waals surface area (Å²) < 4.78 is 11.3. The summed E-state index contributed by atoms with van der Waals surface area (Å²) >= 11 is 0. The number of aromatic amines is 1. The van der Waals surface area contributed by atoms with E-state index in [0.717, 1.165) is 43.1 Å². The van der Waals surface area contributed by atoms with Gasteiger partial charge in [0.15, 0.2) is 11.5 Å². The number of nitrogens with zero attached hydrogens (tertiary/aromatic N) is 2. The molecule has 0 fully saturated rings. The quantitative estimate of drug-likeness (QED) is 0.600. The molecule has 0 aliphatic carbocycles. The Labute approximate surface area is 183 Å². The molecular formula is C25H29N3O3. The van der Waals surface area contributed by atoms with Crippen LogP contribution in [0.3, 0.4) is 0 Å². The Morgan fingerprint density at radius 3 is 2.65 bits per heavy atom. The van der Waals surface area contributed by atoms with Crippen molar-refractivity contribution in [1.29, 1.82) is 0 Å². The van der Waals surface area contributed by atoms with Crippen molar-refractivity contribution in [2.45, 2.75) is 18.9 Å². The minimum Gasteiger partial charge on any atom is -0.493 e. The molecule has 1 N–H and O–H groups in total. The number of methoxy groups -OCH3 is 1. The van der Waals surface area contributed by atoms with Crippen molar-refractivity contribution in [3.63, 3.8) is 0 Å². The lowest BCUT2D eigenvalue weighted by Crippen LogP contribution is -2.49. The Hall–Kier alpha value is -3.25. The number of aromatic nitrogens is 1. The van der Waals surface area contributed by atoms with E-state index in [0.29, 0.717) is 12.3 Å². The van der Waals surface area contributed by atoms with E-state index in [9.17, 15) is 4.79 Å². The maximum Gasteiger partial charge on any atom is 0.274 e. The predicted molar refractivity (Wildman–Crippen MR) is 122 cm³/mol. The van der Waals surface area contributed by atoms with Crippen LogP contribution in [0.1, 0.15) is 22.5 Å². The number of para-hydroxylation sites is 3. The van der Waals surface area contributed by atoms with Crippen LogP contribution in [0.2, 0.25) is 0 Å². The fraction of sp³-hybridized carbons (Fsp3) is 0.320. The molecule has 0 bridgehead atoms. The second-order valence-corrected chi connectivity index (χ2v) is 7.84. The number of carbonyl (C=O) groups excluding carboxylic acids is 1. The van der Waals surface area contributed by atoms with Gasteiger partial charge < -0.3 is 24.3 Å². The highest BCUT2D eigenvalue weighted by molar-refractivity contribution is 6.06. The van der Waals surface area contributed by atoms with Crippen LogP contribution in [0.5, 0.6) is 11.5 Å². The van der Waals surface area contributed by atoms with E-state index in [1.807, 2.05) is 59.5 Å². The van der Waals surface area contributed by atoms with Crippen LogP contribution < -0.4 is 14.4 Å². The summed E-state index contributed by atoms with van der Waals surface area (Å²) in [5.74, 6) is 1.49. The number of benzene rings is 2. The molecular weight excluding hydrogens is 390 g/mol. The predicted octanol–water partition coefficient (Wildman–Crippen LogP) is 4.00. The maximum atomic E-state index is 13.3. The Bertz CT molecular complexity index is 1000. The van der Waals surface area contributed by atoms with E-state index in [4.69, 9.17) is 9.47 Å². The van der Waals surface area contributed by atoms with Crippen molar-refractivity contribution in [1.82, 2.24) is 9.88 Å². The largest absolute Gasteiger partial charge is 0.493 e. The van der Waals surface area contributed by atoms with Crippen LogP contribution in [-0.2, 0) is 6.42 Å². The molecule has 31 heavy (non-hydrogen) atoms. The number of H-pyrrole nitrogens is 1. The van der Waals surface area contributed by atoms with Crippen LogP contribution in [0, 0.1) is 0 Å². The molecule has 1 aromatic heterocycles. The van der Waals surface area contributed by atoms with E-state index in [1.54, 1.807) is 13.3 Å². The summed E-state index contributed by atoms with van der Waals surface area (Å²) in [5, 5.41) is 0. The molecule has 1 aliphatic rings. The van der Waals surface area contributed by atoms with Crippen molar-refractivity contribution < 1.29 is 14.3 Å². The van der Waals surface area contributed by atoms with Gasteiger partial charge in [-0.15, -0.1) is 0 Å². The van der Waals surface area contributed by atoms with E-state index in [2.05, 4.69) is 23.0 Å². The van der Waals surface area contributed by atoms with Gasteiger partial charge in [0, 0.05) is 25.0 Å². The minimum absolute atomic E-state index is 0.0146. The molecule has 0 spiro atoms. The topological polar surface area (TPSA) is 57.8 Å². The number of likely N-dealkylation sites (N-methyl/N-ethyl adjacent to an activating group) is 1. The summed E-state index contributed by atoms with van der Waals surface area (Å²) in [6, 6.07) is 19.7. The number of ether oxygens (including phenoxy) is 2. The maximum absolute atomic E-state index is 13.3. The lowest BCUT2D eigenvalue weighted by Gasteiger charge is -2.39. The first kappa shape index (κ1) is 21.0. The van der Waals surface area contributed by atoms with Crippen molar-refractivity contribution in [2.75, 3.05) is 38.8 Å². The number of hydrogen-bond donors (Lipinski definition) is 1. The molecule has 1 aliphatic heterocycles. The summed E-state index contributed by atoms with van der Waals surface area (Å²) in [5.41, 5.74) is 2.85. The smallest absolute Gasteiger partial charge is 0.274 e. The highest BCUT2D eigenvalue weighted by atomic mass is 16.5. The standard InChI is InChI=1S/C25H29N3O3/c1-27(16-17-31-24-12-6-5-11-23(24)30-2)18-20-14-13-19-8-3-4-10-22(19)28(20)25(29)21-9-7-15-26-21/h3-12,15,20,26H,13-14,16-18H2,1-2H3. The van der Waals surface area contributed by atoms with Gasteiger partial charge in [-0.05, 0) is 55.8 Å². The zero-order valence-corrected chi connectivity index (χ0v) is 18.1. The van der Waals surface area contributed by atoms with E-state index in [1.165, 1.54) is 5.56 Å². The minimum atomic E-state index is 0.0146. The highest BCUT2D eigenvalue weighted by Crippen LogP contribution is 2.32. The first-order valence-corrected chi connectivity index (χ1v) is 10.7. The van der Waals surface area contributed by atoms with Gasteiger partial charge >= 0.3 is 0 Å². The average molecular weight is 420 g/mol. The number of fused-ring (bicyclic) bond motifs is 1. The molecule has 0 saturated carbocycles. The Balaban J connectivity index is 1.43. The number of anilines is 1. The molecule has 4 rings (SSSR count). The molecule has 162 valence electrons. The van der Waals surface area contributed by atoms with Crippen LogP contribution >= 0.6 is 0 Å². The van der Waals surface area contributed by atoms with Crippen molar-refractivity contribution >= 4 is 11.6 Å². The lowest BCUT2D eigenvalue weighted by molar-refractivity contribution is 0.0961. The molecule has 3 aromatic rings. The number of carbonyl (C=O) groups is 1. The van der Waals surface area contributed by atoms with Crippen molar-refractivity contribution in [3.05, 3.63) is 78.1 Å². The van der Waals surface area contributed by atoms with Crippen LogP contribution in [-0.4, -0.2) is 55.7 Å². The Morgan fingerprint density at radius 2 is 1.87 bits per heavy atom. The second kappa shape index (κ2) is 9.71. The first-order chi connectivity index (χ1) is 15.2. The SMILES string of the molecule is COc1ccccc1OCCN(C)CC1CCc2ccccc2N1C(=O)c1ccc[nH]1. The van der Waals surface area contributed by atoms with Crippen LogP contribution in [0.4, 0.5) is 5.69 Å².